The zero-order chi connectivity index (χ0) is 15.5. The molecule has 0 saturated carbocycles. The highest BCUT2D eigenvalue weighted by Gasteiger charge is 2.41. The predicted octanol–water partition coefficient (Wildman–Crippen LogP) is 3.06. The molecule has 1 N–H and O–H groups in total. The Morgan fingerprint density at radius 3 is 2.24 bits per heavy atom. The van der Waals surface area contributed by atoms with Gasteiger partial charge in [0.05, 0.1) is 6.73 Å². The molecule has 21 heavy (non-hydrogen) atoms. The van der Waals surface area contributed by atoms with E-state index in [2.05, 4.69) is 32.6 Å². The van der Waals surface area contributed by atoms with E-state index in [4.69, 9.17) is 9.31 Å². The molecule has 0 aromatic heterocycles. The summed E-state index contributed by atoms with van der Waals surface area (Å²) >= 11 is 0. The zero-order valence-corrected chi connectivity index (χ0v) is 13.5. The van der Waals surface area contributed by atoms with Gasteiger partial charge in [0.2, 0.25) is 0 Å². The van der Waals surface area contributed by atoms with E-state index in [1.54, 1.807) is 12.1 Å². The minimum atomic E-state index is -1.25. The van der Waals surface area contributed by atoms with Gasteiger partial charge in [-0.05, 0) is 59.1 Å². The summed E-state index contributed by atoms with van der Waals surface area (Å²) in [5, 5.41) is 9.90. The molecule has 0 atom stereocenters. The first-order valence-electron chi connectivity index (χ1n) is 7.60. The molecule has 1 aliphatic heterocycles. The van der Waals surface area contributed by atoms with Gasteiger partial charge in [-0.25, -0.2) is 0 Å². The highest BCUT2D eigenvalue weighted by Crippen LogP contribution is 2.37. The minimum Gasteiger partial charge on any atom is -0.512 e. The average molecular weight is 291 g/mol. The fourth-order valence-electron chi connectivity index (χ4n) is 3.18. The Balaban J connectivity index is 1.91. The third-order valence-corrected chi connectivity index (χ3v) is 4.36. The standard InChI is InChI=1S/C16H26BNO3/c1-15(2)11-8-12-16(3,4)18(15)13-20-17(19)21-14-9-6-5-7-10-14/h5-7,9-10,19H,8,11-13H2,1-4H3. The van der Waals surface area contributed by atoms with Crippen molar-refractivity contribution in [2.45, 2.75) is 58.0 Å². The molecule has 2 rings (SSSR count). The summed E-state index contributed by atoms with van der Waals surface area (Å²) in [6.45, 7) is 9.25. The molecule has 1 aliphatic rings. The topological polar surface area (TPSA) is 41.9 Å². The predicted molar refractivity (Wildman–Crippen MR) is 84.8 cm³/mol. The van der Waals surface area contributed by atoms with Gasteiger partial charge >= 0.3 is 7.32 Å². The molecule has 116 valence electrons. The molecule has 1 fully saturated rings. The second kappa shape index (κ2) is 6.38. The van der Waals surface area contributed by atoms with Crippen LogP contribution < -0.4 is 4.65 Å². The van der Waals surface area contributed by atoms with Crippen LogP contribution in [0, 0.1) is 0 Å². The number of piperidine rings is 1. The van der Waals surface area contributed by atoms with Crippen molar-refractivity contribution in [1.29, 1.82) is 0 Å². The van der Waals surface area contributed by atoms with Crippen LogP contribution in [0.15, 0.2) is 30.3 Å². The Labute approximate surface area is 128 Å². The molecule has 4 nitrogen and oxygen atoms in total. The average Bonchev–Trinajstić information content (AvgIpc) is 2.37. The third-order valence-electron chi connectivity index (χ3n) is 4.36. The van der Waals surface area contributed by atoms with E-state index in [0.29, 0.717) is 12.5 Å². The maximum Gasteiger partial charge on any atom is 0.711 e. The van der Waals surface area contributed by atoms with Crippen molar-refractivity contribution >= 4 is 7.32 Å². The normalized spacial score (nSPS) is 21.0. The number of nitrogens with zero attached hydrogens (tertiary/aromatic N) is 1. The van der Waals surface area contributed by atoms with E-state index in [9.17, 15) is 5.02 Å². The van der Waals surface area contributed by atoms with Gasteiger partial charge in [0.1, 0.15) is 5.75 Å². The van der Waals surface area contributed by atoms with Crippen LogP contribution >= 0.6 is 0 Å². The van der Waals surface area contributed by atoms with Gasteiger partial charge in [-0.3, -0.25) is 4.90 Å². The fraction of sp³-hybridized carbons (Fsp3) is 0.625. The Morgan fingerprint density at radius 1 is 1.10 bits per heavy atom. The lowest BCUT2D eigenvalue weighted by atomic mass is 9.80. The van der Waals surface area contributed by atoms with Crippen LogP contribution in [0.25, 0.3) is 0 Å². The summed E-state index contributed by atoms with van der Waals surface area (Å²) < 4.78 is 10.9. The molecule has 0 radical (unpaired) electrons. The van der Waals surface area contributed by atoms with Crippen LogP contribution in [0.3, 0.4) is 0 Å². The molecule has 5 heteroatoms. The van der Waals surface area contributed by atoms with E-state index < -0.39 is 7.32 Å². The van der Waals surface area contributed by atoms with Crippen LogP contribution in [0.4, 0.5) is 0 Å². The first-order chi connectivity index (χ1) is 9.81. The Bertz CT molecular complexity index is 434. The van der Waals surface area contributed by atoms with Gasteiger partial charge in [-0.1, -0.05) is 18.2 Å². The lowest BCUT2D eigenvalue weighted by molar-refractivity contribution is -0.0816. The number of likely N-dealkylation sites (tertiary alicyclic amines) is 1. The molecule has 0 bridgehead atoms. The maximum absolute atomic E-state index is 9.90. The maximum atomic E-state index is 9.90. The van der Waals surface area contributed by atoms with Crippen molar-refractivity contribution in [1.82, 2.24) is 4.90 Å². The van der Waals surface area contributed by atoms with Crippen molar-refractivity contribution in [2.24, 2.45) is 0 Å². The molecule has 1 heterocycles. The van der Waals surface area contributed by atoms with Crippen molar-refractivity contribution in [3.05, 3.63) is 30.3 Å². The van der Waals surface area contributed by atoms with Crippen LogP contribution in [-0.4, -0.2) is 35.1 Å². The Hall–Kier alpha value is -1.04. The van der Waals surface area contributed by atoms with Crippen LogP contribution in [0.5, 0.6) is 5.75 Å². The summed E-state index contributed by atoms with van der Waals surface area (Å²) in [5.41, 5.74) is 0.127. The molecule has 0 amide bonds. The quantitative estimate of drug-likeness (QED) is 0.847. The van der Waals surface area contributed by atoms with Crippen molar-refractivity contribution in [3.8, 4) is 5.75 Å². The molecule has 0 spiro atoms. The Morgan fingerprint density at radius 2 is 1.67 bits per heavy atom. The fourth-order valence-corrected chi connectivity index (χ4v) is 3.18. The van der Waals surface area contributed by atoms with Crippen molar-refractivity contribution < 1.29 is 14.3 Å². The van der Waals surface area contributed by atoms with Gasteiger partial charge in [0, 0.05) is 11.1 Å². The van der Waals surface area contributed by atoms with E-state index in [1.807, 2.05) is 18.2 Å². The first kappa shape index (κ1) is 16.3. The van der Waals surface area contributed by atoms with Gasteiger partial charge in [0.15, 0.2) is 0 Å². The second-order valence-corrected chi connectivity index (χ2v) is 6.94. The largest absolute Gasteiger partial charge is 0.711 e. The van der Waals surface area contributed by atoms with Crippen LogP contribution in [0.2, 0.25) is 0 Å². The van der Waals surface area contributed by atoms with Gasteiger partial charge in [-0.2, -0.15) is 0 Å². The summed E-state index contributed by atoms with van der Waals surface area (Å²) in [6, 6.07) is 9.21. The minimum absolute atomic E-state index is 0.0637. The van der Waals surface area contributed by atoms with Crippen molar-refractivity contribution in [2.75, 3.05) is 6.73 Å². The molecular weight excluding hydrogens is 265 g/mol. The smallest absolute Gasteiger partial charge is 0.512 e. The number of hydrogen-bond donors (Lipinski definition) is 1. The molecule has 1 saturated heterocycles. The van der Waals surface area contributed by atoms with Gasteiger partial charge in [0.25, 0.3) is 0 Å². The highest BCUT2D eigenvalue weighted by atomic mass is 16.7. The van der Waals surface area contributed by atoms with Crippen molar-refractivity contribution in [3.63, 3.8) is 0 Å². The molecule has 0 aliphatic carbocycles. The van der Waals surface area contributed by atoms with Gasteiger partial charge < -0.3 is 14.3 Å². The van der Waals surface area contributed by atoms with E-state index in [-0.39, 0.29) is 11.1 Å². The molecule has 0 unspecified atom stereocenters. The molecular formula is C16H26BNO3. The third kappa shape index (κ3) is 4.22. The number of benzene rings is 1. The second-order valence-electron chi connectivity index (χ2n) is 6.94. The number of para-hydroxylation sites is 1. The summed E-state index contributed by atoms with van der Waals surface area (Å²) in [4.78, 5) is 2.31. The zero-order valence-electron chi connectivity index (χ0n) is 13.5. The SMILES string of the molecule is CC1(C)CCCC(C)(C)N1COB(O)Oc1ccccc1. The van der Waals surface area contributed by atoms with E-state index >= 15 is 0 Å². The van der Waals surface area contributed by atoms with Gasteiger partial charge in [-0.15, -0.1) is 0 Å². The van der Waals surface area contributed by atoms with E-state index in [1.165, 1.54) is 6.42 Å². The summed E-state index contributed by atoms with van der Waals surface area (Å²) in [7, 11) is -1.25. The number of rotatable bonds is 5. The van der Waals surface area contributed by atoms with Crippen LogP contribution in [-0.2, 0) is 4.65 Å². The lowest BCUT2D eigenvalue weighted by Gasteiger charge is -2.52. The monoisotopic (exact) mass is 291 g/mol. The summed E-state index contributed by atoms with van der Waals surface area (Å²) in [5.74, 6) is 0.599. The molecule has 1 aromatic carbocycles. The molecule has 1 aromatic rings. The lowest BCUT2D eigenvalue weighted by Crippen LogP contribution is -2.59. The first-order valence-corrected chi connectivity index (χ1v) is 7.60. The number of hydrogen-bond acceptors (Lipinski definition) is 4. The van der Waals surface area contributed by atoms with Crippen LogP contribution in [0.1, 0.15) is 47.0 Å². The Kier molecular flexibility index (Phi) is 4.97. The van der Waals surface area contributed by atoms with E-state index in [0.717, 1.165) is 12.8 Å². The summed E-state index contributed by atoms with van der Waals surface area (Å²) in [6.07, 6.45) is 3.49. The highest BCUT2D eigenvalue weighted by molar-refractivity contribution is 6.35.